The fraction of sp³-hybridized carbons (Fsp3) is 0.478. The first-order valence-electron chi connectivity index (χ1n) is 9.67. The molecule has 1 heterocycles. The maximum Gasteiger partial charge on any atom is 0.0169 e. The van der Waals surface area contributed by atoms with Gasteiger partial charge < -0.3 is 4.90 Å². The summed E-state index contributed by atoms with van der Waals surface area (Å²) >= 11 is 0. The SMILES string of the molecule is CN1CCC23CCCC[C@@H]2[C@@H]1Cc1ccc(-c2ccccc2)cc13. The van der Waals surface area contributed by atoms with E-state index in [0.717, 1.165) is 12.0 Å². The van der Waals surface area contributed by atoms with Crippen LogP contribution < -0.4 is 0 Å². The molecular weight excluding hydrogens is 290 g/mol. The molecule has 2 aromatic carbocycles. The second-order valence-corrected chi connectivity index (χ2v) is 8.25. The summed E-state index contributed by atoms with van der Waals surface area (Å²) in [7, 11) is 2.35. The number of hydrogen-bond acceptors (Lipinski definition) is 1. The maximum atomic E-state index is 2.66. The number of benzene rings is 2. The molecule has 2 aliphatic carbocycles. The van der Waals surface area contributed by atoms with E-state index in [9.17, 15) is 0 Å². The molecule has 3 atom stereocenters. The molecule has 0 N–H and O–H groups in total. The highest BCUT2D eigenvalue weighted by Gasteiger charge is 2.52. The fourth-order valence-electron chi connectivity index (χ4n) is 6.01. The van der Waals surface area contributed by atoms with Gasteiger partial charge in [0.15, 0.2) is 0 Å². The zero-order valence-corrected chi connectivity index (χ0v) is 14.7. The van der Waals surface area contributed by atoms with Crippen molar-refractivity contribution in [1.82, 2.24) is 4.90 Å². The molecule has 0 amide bonds. The number of likely N-dealkylation sites (N-methyl/N-ethyl adjacent to an activating group) is 1. The lowest BCUT2D eigenvalue weighted by Gasteiger charge is -2.58. The Hall–Kier alpha value is -1.60. The predicted molar refractivity (Wildman–Crippen MR) is 100 cm³/mol. The van der Waals surface area contributed by atoms with E-state index in [2.05, 4.69) is 60.5 Å². The molecule has 1 nitrogen and oxygen atoms in total. The molecule has 0 radical (unpaired) electrons. The topological polar surface area (TPSA) is 3.24 Å². The minimum Gasteiger partial charge on any atom is -0.303 e. The highest BCUT2D eigenvalue weighted by Crippen LogP contribution is 2.55. The summed E-state index contributed by atoms with van der Waals surface area (Å²) in [5.41, 5.74) is 6.57. The third-order valence-corrected chi connectivity index (χ3v) is 7.22. The summed E-state index contributed by atoms with van der Waals surface area (Å²) in [6, 6.07) is 19.0. The highest BCUT2D eigenvalue weighted by molar-refractivity contribution is 5.66. The van der Waals surface area contributed by atoms with Crippen molar-refractivity contribution in [2.45, 2.75) is 50.0 Å². The van der Waals surface area contributed by atoms with Crippen LogP contribution >= 0.6 is 0 Å². The van der Waals surface area contributed by atoms with E-state index in [1.807, 2.05) is 0 Å². The van der Waals surface area contributed by atoms with E-state index in [-0.39, 0.29) is 0 Å². The van der Waals surface area contributed by atoms with Crippen LogP contribution in [0.3, 0.4) is 0 Å². The van der Waals surface area contributed by atoms with Gasteiger partial charge in [0.25, 0.3) is 0 Å². The van der Waals surface area contributed by atoms with Crippen molar-refractivity contribution in [3.05, 3.63) is 59.7 Å². The largest absolute Gasteiger partial charge is 0.303 e. The molecule has 1 aliphatic heterocycles. The fourth-order valence-corrected chi connectivity index (χ4v) is 6.01. The third kappa shape index (κ3) is 2.04. The number of fused-ring (bicyclic) bond motifs is 1. The quantitative estimate of drug-likeness (QED) is 0.712. The number of likely N-dealkylation sites (tertiary alicyclic amines) is 1. The number of hydrogen-bond donors (Lipinski definition) is 0. The summed E-state index contributed by atoms with van der Waals surface area (Å²) < 4.78 is 0. The van der Waals surface area contributed by atoms with Crippen molar-refractivity contribution in [1.29, 1.82) is 0 Å². The van der Waals surface area contributed by atoms with Gasteiger partial charge in [0.2, 0.25) is 0 Å². The molecule has 1 unspecified atom stereocenters. The monoisotopic (exact) mass is 317 g/mol. The standard InChI is InChI=1S/C23H27N/c1-24-14-13-23-12-6-5-9-20(23)22(24)16-19-11-10-18(15-21(19)23)17-7-3-2-4-8-17/h2-4,7-8,10-11,15,20,22H,5-6,9,12-14,16H2,1H3/t20-,22+,23?/m1/s1. The van der Waals surface area contributed by atoms with Crippen molar-refractivity contribution in [3.8, 4) is 11.1 Å². The second-order valence-electron chi connectivity index (χ2n) is 8.25. The summed E-state index contributed by atoms with van der Waals surface area (Å²) in [6.07, 6.45) is 8.31. The lowest BCUT2D eigenvalue weighted by Crippen LogP contribution is -2.59. The van der Waals surface area contributed by atoms with E-state index in [4.69, 9.17) is 0 Å². The molecule has 5 rings (SSSR count). The van der Waals surface area contributed by atoms with Gasteiger partial charge in [-0.3, -0.25) is 0 Å². The zero-order chi connectivity index (χ0) is 16.1. The third-order valence-electron chi connectivity index (χ3n) is 7.22. The minimum absolute atomic E-state index is 0.466. The van der Waals surface area contributed by atoms with Crippen molar-refractivity contribution < 1.29 is 0 Å². The molecule has 1 saturated carbocycles. The zero-order valence-electron chi connectivity index (χ0n) is 14.7. The first kappa shape index (κ1) is 14.7. The van der Waals surface area contributed by atoms with E-state index in [1.165, 1.54) is 56.2 Å². The minimum atomic E-state index is 0.466. The van der Waals surface area contributed by atoms with Crippen molar-refractivity contribution in [3.63, 3.8) is 0 Å². The Morgan fingerprint density at radius 3 is 2.71 bits per heavy atom. The van der Waals surface area contributed by atoms with Crippen LogP contribution in [0.25, 0.3) is 11.1 Å². The Kier molecular flexibility index (Phi) is 3.35. The number of rotatable bonds is 1. The van der Waals surface area contributed by atoms with Gasteiger partial charge in [0.05, 0.1) is 0 Å². The van der Waals surface area contributed by atoms with Crippen LogP contribution in [0.5, 0.6) is 0 Å². The van der Waals surface area contributed by atoms with E-state index < -0.39 is 0 Å². The van der Waals surface area contributed by atoms with Crippen LogP contribution in [-0.4, -0.2) is 24.5 Å². The smallest absolute Gasteiger partial charge is 0.0169 e. The number of nitrogens with zero attached hydrogens (tertiary/aromatic N) is 1. The molecule has 24 heavy (non-hydrogen) atoms. The van der Waals surface area contributed by atoms with Crippen molar-refractivity contribution in [2.75, 3.05) is 13.6 Å². The molecule has 0 aromatic heterocycles. The van der Waals surface area contributed by atoms with Crippen molar-refractivity contribution >= 4 is 0 Å². The molecule has 2 fully saturated rings. The Morgan fingerprint density at radius 2 is 1.83 bits per heavy atom. The Morgan fingerprint density at radius 1 is 0.958 bits per heavy atom. The lowest BCUT2D eigenvalue weighted by molar-refractivity contribution is 0.00290. The Bertz CT molecular complexity index is 750. The van der Waals surface area contributed by atoms with E-state index in [1.54, 1.807) is 11.1 Å². The summed E-state index contributed by atoms with van der Waals surface area (Å²) in [5.74, 6) is 0.878. The Balaban J connectivity index is 1.66. The van der Waals surface area contributed by atoms with Gasteiger partial charge in [-0.05, 0) is 67.4 Å². The lowest BCUT2D eigenvalue weighted by atomic mass is 9.52. The molecule has 2 aromatic rings. The van der Waals surface area contributed by atoms with E-state index in [0.29, 0.717) is 5.41 Å². The van der Waals surface area contributed by atoms with Gasteiger partial charge in [0, 0.05) is 11.5 Å². The van der Waals surface area contributed by atoms with Gasteiger partial charge in [-0.15, -0.1) is 0 Å². The van der Waals surface area contributed by atoms with Gasteiger partial charge in [0.1, 0.15) is 0 Å². The van der Waals surface area contributed by atoms with Crippen LogP contribution in [0, 0.1) is 5.92 Å². The van der Waals surface area contributed by atoms with Gasteiger partial charge in [-0.2, -0.15) is 0 Å². The van der Waals surface area contributed by atoms with Gasteiger partial charge in [-0.1, -0.05) is 61.4 Å². The van der Waals surface area contributed by atoms with Crippen LogP contribution in [0.2, 0.25) is 0 Å². The molecule has 1 saturated heterocycles. The Labute approximate surface area is 145 Å². The molecule has 2 bridgehead atoms. The van der Waals surface area contributed by atoms with E-state index >= 15 is 0 Å². The summed E-state index contributed by atoms with van der Waals surface area (Å²) in [5, 5.41) is 0. The molecule has 0 spiro atoms. The molecule has 1 heteroatoms. The first-order valence-corrected chi connectivity index (χ1v) is 9.67. The average molecular weight is 317 g/mol. The first-order chi connectivity index (χ1) is 11.8. The number of piperidine rings is 1. The highest BCUT2D eigenvalue weighted by atomic mass is 15.1. The molecule has 124 valence electrons. The maximum absolute atomic E-state index is 2.66. The average Bonchev–Trinajstić information content (AvgIpc) is 2.65. The molecule has 3 aliphatic rings. The molecular formula is C23H27N. The van der Waals surface area contributed by atoms with Gasteiger partial charge >= 0.3 is 0 Å². The van der Waals surface area contributed by atoms with Gasteiger partial charge in [-0.25, -0.2) is 0 Å². The van der Waals surface area contributed by atoms with Crippen LogP contribution in [0.15, 0.2) is 48.5 Å². The predicted octanol–water partition coefficient (Wildman–Crippen LogP) is 5.04. The van der Waals surface area contributed by atoms with Crippen LogP contribution in [0.4, 0.5) is 0 Å². The van der Waals surface area contributed by atoms with Crippen LogP contribution in [-0.2, 0) is 11.8 Å². The summed E-state index contributed by atoms with van der Waals surface area (Å²) in [4.78, 5) is 2.66. The normalized spacial score (nSPS) is 32.0. The summed E-state index contributed by atoms with van der Waals surface area (Å²) in [6.45, 7) is 1.27. The second kappa shape index (κ2) is 5.46. The van der Waals surface area contributed by atoms with Crippen molar-refractivity contribution in [2.24, 2.45) is 5.92 Å². The van der Waals surface area contributed by atoms with Crippen LogP contribution in [0.1, 0.15) is 43.2 Å².